The molecule has 27 heavy (non-hydrogen) atoms. The van der Waals surface area contributed by atoms with E-state index in [1.807, 2.05) is 31.2 Å². The summed E-state index contributed by atoms with van der Waals surface area (Å²) in [4.78, 5) is 29.6. The number of hydrogen-bond acceptors (Lipinski definition) is 3. The van der Waals surface area contributed by atoms with E-state index in [-0.39, 0.29) is 17.9 Å². The molecule has 2 fully saturated rings. The number of piperidine rings is 1. The van der Waals surface area contributed by atoms with E-state index in [4.69, 9.17) is 0 Å². The number of carbonyl (C=O) groups excluding carboxylic acids is 2. The van der Waals surface area contributed by atoms with Gasteiger partial charge in [0.2, 0.25) is 11.8 Å². The first-order valence-corrected chi connectivity index (χ1v) is 10.7. The van der Waals surface area contributed by atoms with Crippen molar-refractivity contribution in [2.24, 2.45) is 17.8 Å². The third kappa shape index (κ3) is 5.11. The van der Waals surface area contributed by atoms with Crippen molar-refractivity contribution in [1.29, 1.82) is 0 Å². The fraction of sp³-hybridized carbons (Fsp3) is 0.619. The van der Waals surface area contributed by atoms with Crippen LogP contribution in [0, 0.1) is 17.8 Å². The molecule has 1 N–H and O–H groups in total. The summed E-state index contributed by atoms with van der Waals surface area (Å²) < 4.78 is 0.930. The fourth-order valence-electron chi connectivity index (χ4n) is 4.54. The zero-order chi connectivity index (χ0) is 19.6. The van der Waals surface area contributed by atoms with E-state index < -0.39 is 5.92 Å². The number of amides is 2. The Labute approximate surface area is 170 Å². The van der Waals surface area contributed by atoms with Gasteiger partial charge in [-0.15, -0.1) is 0 Å². The molecule has 2 aliphatic heterocycles. The summed E-state index contributed by atoms with van der Waals surface area (Å²) in [5.74, 6) is 0.588. The van der Waals surface area contributed by atoms with Gasteiger partial charge in [-0.1, -0.05) is 35.8 Å². The van der Waals surface area contributed by atoms with E-state index in [9.17, 15) is 9.59 Å². The predicted molar refractivity (Wildman–Crippen MR) is 112 cm³/mol. The molecular formula is C21H30BrN3O2. The lowest BCUT2D eigenvalue weighted by atomic mass is 9.91. The summed E-state index contributed by atoms with van der Waals surface area (Å²) in [5.41, 5.74) is 0.842. The molecule has 5 nitrogen and oxygen atoms in total. The van der Waals surface area contributed by atoms with Gasteiger partial charge in [-0.3, -0.25) is 9.59 Å². The number of halogens is 1. The number of anilines is 1. The third-order valence-electron chi connectivity index (χ3n) is 5.51. The molecule has 2 heterocycles. The second-order valence-electron chi connectivity index (χ2n) is 8.39. The molecule has 0 bridgehead atoms. The second-order valence-corrected chi connectivity index (χ2v) is 9.30. The van der Waals surface area contributed by atoms with Gasteiger partial charge in [-0.25, -0.2) is 0 Å². The van der Waals surface area contributed by atoms with E-state index in [1.165, 1.54) is 6.42 Å². The molecular weight excluding hydrogens is 406 g/mol. The average molecular weight is 436 g/mol. The molecule has 0 radical (unpaired) electrons. The Balaban J connectivity index is 1.54. The van der Waals surface area contributed by atoms with Crippen LogP contribution < -0.4 is 10.2 Å². The van der Waals surface area contributed by atoms with Crippen molar-refractivity contribution in [2.45, 2.75) is 39.7 Å². The van der Waals surface area contributed by atoms with Gasteiger partial charge in [-0.2, -0.15) is 0 Å². The third-order valence-corrected chi connectivity index (χ3v) is 6.00. The minimum atomic E-state index is -0.578. The summed E-state index contributed by atoms with van der Waals surface area (Å²) in [6.45, 7) is 10.2. The number of nitrogens with one attached hydrogen (secondary N) is 1. The topological polar surface area (TPSA) is 52.7 Å². The zero-order valence-electron chi connectivity index (χ0n) is 16.5. The van der Waals surface area contributed by atoms with Gasteiger partial charge >= 0.3 is 0 Å². The summed E-state index contributed by atoms with van der Waals surface area (Å²) in [6, 6.07) is 7.70. The van der Waals surface area contributed by atoms with Crippen LogP contribution in [0.15, 0.2) is 28.7 Å². The highest BCUT2D eigenvalue weighted by Crippen LogP contribution is 2.27. The molecule has 148 valence electrons. The van der Waals surface area contributed by atoms with Crippen molar-refractivity contribution in [2.75, 3.05) is 31.1 Å². The van der Waals surface area contributed by atoms with Crippen molar-refractivity contribution >= 4 is 33.4 Å². The number of rotatable bonds is 5. The first-order chi connectivity index (χ1) is 12.8. The molecule has 2 saturated heterocycles. The zero-order valence-corrected chi connectivity index (χ0v) is 18.0. The van der Waals surface area contributed by atoms with Gasteiger partial charge in [0, 0.05) is 42.4 Å². The smallest absolute Gasteiger partial charge is 0.239 e. The van der Waals surface area contributed by atoms with Crippen molar-refractivity contribution in [3.63, 3.8) is 0 Å². The quantitative estimate of drug-likeness (QED) is 0.721. The van der Waals surface area contributed by atoms with Gasteiger partial charge in [0.05, 0.1) is 0 Å². The summed E-state index contributed by atoms with van der Waals surface area (Å²) in [6.07, 6.45) is 1.85. The first-order valence-electron chi connectivity index (χ1n) is 9.93. The lowest BCUT2D eigenvalue weighted by Crippen LogP contribution is -2.48. The van der Waals surface area contributed by atoms with Crippen LogP contribution in [0.2, 0.25) is 0 Å². The largest absolute Gasteiger partial charge is 0.352 e. The lowest BCUT2D eigenvalue weighted by molar-refractivity contribution is -0.132. The number of hydrogen-bond donors (Lipinski definition) is 1. The SMILES string of the molecule is CC1CC(C)CN(CC(C)NC(=O)C2CCN(c3cccc(Br)c3)C2=O)C1. The molecule has 6 heteroatoms. The van der Waals surface area contributed by atoms with E-state index in [2.05, 4.69) is 40.0 Å². The molecule has 0 aliphatic carbocycles. The molecule has 4 atom stereocenters. The van der Waals surface area contributed by atoms with E-state index in [0.29, 0.717) is 24.8 Å². The first kappa shape index (κ1) is 20.3. The molecule has 2 aliphatic rings. The highest BCUT2D eigenvalue weighted by molar-refractivity contribution is 9.10. The Bertz CT molecular complexity index is 686. The van der Waals surface area contributed by atoms with Crippen LogP contribution in [0.4, 0.5) is 5.69 Å². The van der Waals surface area contributed by atoms with Crippen molar-refractivity contribution in [3.8, 4) is 0 Å². The molecule has 1 aromatic rings. The van der Waals surface area contributed by atoms with Gasteiger partial charge in [0.1, 0.15) is 5.92 Å². The molecule has 4 unspecified atom stereocenters. The molecule has 0 saturated carbocycles. The maximum atomic E-state index is 12.8. The minimum Gasteiger partial charge on any atom is -0.352 e. The number of likely N-dealkylation sites (tertiary alicyclic amines) is 1. The van der Waals surface area contributed by atoms with Gasteiger partial charge in [0.15, 0.2) is 0 Å². The van der Waals surface area contributed by atoms with Crippen LogP contribution in [0.5, 0.6) is 0 Å². The Morgan fingerprint density at radius 1 is 1.30 bits per heavy atom. The maximum Gasteiger partial charge on any atom is 0.239 e. The highest BCUT2D eigenvalue weighted by atomic mass is 79.9. The Hall–Kier alpha value is -1.40. The number of nitrogens with zero attached hydrogens (tertiary/aromatic N) is 2. The average Bonchev–Trinajstić information content (AvgIpc) is 2.95. The number of benzene rings is 1. The van der Waals surface area contributed by atoms with Crippen molar-refractivity contribution in [3.05, 3.63) is 28.7 Å². The van der Waals surface area contributed by atoms with Crippen LogP contribution in [0.1, 0.15) is 33.6 Å². The van der Waals surface area contributed by atoms with Crippen LogP contribution in [0.25, 0.3) is 0 Å². The Morgan fingerprint density at radius 3 is 2.67 bits per heavy atom. The van der Waals surface area contributed by atoms with Crippen molar-refractivity contribution < 1.29 is 9.59 Å². The molecule has 1 aromatic carbocycles. The minimum absolute atomic E-state index is 0.0442. The highest BCUT2D eigenvalue weighted by Gasteiger charge is 2.38. The van der Waals surface area contributed by atoms with Gasteiger partial charge < -0.3 is 15.1 Å². The fourth-order valence-corrected chi connectivity index (χ4v) is 4.93. The Morgan fingerprint density at radius 2 is 2.00 bits per heavy atom. The second kappa shape index (κ2) is 8.74. The van der Waals surface area contributed by atoms with Crippen LogP contribution in [-0.4, -0.2) is 48.9 Å². The molecule has 3 rings (SSSR count). The normalized spacial score (nSPS) is 27.6. The summed E-state index contributed by atoms with van der Waals surface area (Å²) in [7, 11) is 0. The number of carbonyl (C=O) groups is 2. The van der Waals surface area contributed by atoms with E-state index in [0.717, 1.165) is 29.8 Å². The summed E-state index contributed by atoms with van der Waals surface area (Å²) >= 11 is 3.44. The maximum absolute atomic E-state index is 12.8. The monoisotopic (exact) mass is 435 g/mol. The standard InChI is InChI=1S/C21H30BrN3O2/c1-14-9-15(2)12-24(11-14)13-16(3)23-20(26)19-7-8-25(21(19)27)18-6-4-5-17(22)10-18/h4-6,10,14-16,19H,7-9,11-13H2,1-3H3,(H,23,26). The van der Waals surface area contributed by atoms with Crippen LogP contribution >= 0.6 is 15.9 Å². The van der Waals surface area contributed by atoms with E-state index in [1.54, 1.807) is 4.90 Å². The van der Waals surface area contributed by atoms with Gasteiger partial charge in [0.25, 0.3) is 0 Å². The van der Waals surface area contributed by atoms with Gasteiger partial charge in [-0.05, 0) is 49.8 Å². The lowest BCUT2D eigenvalue weighted by Gasteiger charge is -2.36. The van der Waals surface area contributed by atoms with Crippen molar-refractivity contribution in [1.82, 2.24) is 10.2 Å². The van der Waals surface area contributed by atoms with Crippen LogP contribution in [-0.2, 0) is 9.59 Å². The summed E-state index contributed by atoms with van der Waals surface area (Å²) in [5, 5.41) is 3.08. The van der Waals surface area contributed by atoms with Crippen LogP contribution in [0.3, 0.4) is 0 Å². The van der Waals surface area contributed by atoms with E-state index >= 15 is 0 Å². The molecule has 2 amide bonds. The molecule has 0 spiro atoms. The Kier molecular flexibility index (Phi) is 6.58. The molecule has 0 aromatic heterocycles. The predicted octanol–water partition coefficient (Wildman–Crippen LogP) is 3.28.